The molecule has 0 atom stereocenters. The van der Waals surface area contributed by atoms with Gasteiger partial charge in [0.15, 0.2) is 0 Å². The number of nitrogens with zero attached hydrogens (tertiary/aromatic N) is 2. The van der Waals surface area contributed by atoms with E-state index in [-0.39, 0.29) is 5.41 Å². The van der Waals surface area contributed by atoms with E-state index in [0.717, 1.165) is 40.8 Å². The highest BCUT2D eigenvalue weighted by atomic mass is 32.1. The molecule has 5 nitrogen and oxygen atoms in total. The molecule has 2 aromatic heterocycles. The van der Waals surface area contributed by atoms with E-state index < -0.39 is 0 Å². The molecule has 0 aliphatic carbocycles. The molecule has 2 heterocycles. The van der Waals surface area contributed by atoms with Crippen LogP contribution in [0.1, 0.15) is 25.3 Å². The molecule has 3 N–H and O–H groups in total. The number of thiazole rings is 1. The van der Waals surface area contributed by atoms with Gasteiger partial charge in [0.2, 0.25) is 0 Å². The van der Waals surface area contributed by atoms with E-state index in [9.17, 15) is 0 Å². The second-order valence-corrected chi connectivity index (χ2v) is 7.62. The minimum atomic E-state index is 0.143. The van der Waals surface area contributed by atoms with E-state index in [1.54, 1.807) is 18.4 Å². The summed E-state index contributed by atoms with van der Waals surface area (Å²) in [6, 6.07) is 0. The number of hydrogen-bond donors (Lipinski definition) is 2. The lowest BCUT2D eigenvalue weighted by molar-refractivity contribution is 0.157. The molecule has 2 rings (SSSR count). The summed E-state index contributed by atoms with van der Waals surface area (Å²) in [5.41, 5.74) is 7.98. The molecule has 0 fully saturated rings. The van der Waals surface area contributed by atoms with E-state index in [1.165, 1.54) is 11.5 Å². The molecule has 0 spiro atoms. The SMILES string of the molecule is COCCC(C)(C)CNc1snc(N)c1-c1csc(C)n1. The molecule has 0 bridgehead atoms. The van der Waals surface area contributed by atoms with Gasteiger partial charge in [0, 0.05) is 25.6 Å². The number of hydrogen-bond acceptors (Lipinski definition) is 7. The van der Waals surface area contributed by atoms with Gasteiger partial charge in [-0.05, 0) is 30.3 Å². The summed E-state index contributed by atoms with van der Waals surface area (Å²) in [6.07, 6.45) is 0.996. The molecule has 0 radical (unpaired) electrons. The van der Waals surface area contributed by atoms with Crippen molar-refractivity contribution in [2.45, 2.75) is 27.2 Å². The monoisotopic (exact) mass is 326 g/mol. The summed E-state index contributed by atoms with van der Waals surface area (Å²) >= 11 is 3.01. The summed E-state index contributed by atoms with van der Waals surface area (Å²) < 4.78 is 9.43. The van der Waals surface area contributed by atoms with Crippen LogP contribution in [0.25, 0.3) is 11.3 Å². The number of nitrogen functional groups attached to an aromatic ring is 1. The van der Waals surface area contributed by atoms with Gasteiger partial charge in [0.05, 0.1) is 16.3 Å². The fourth-order valence-electron chi connectivity index (χ4n) is 1.94. The Morgan fingerprint density at radius 2 is 2.19 bits per heavy atom. The molecular weight excluding hydrogens is 304 g/mol. The second kappa shape index (κ2) is 6.72. The van der Waals surface area contributed by atoms with Crippen LogP contribution in [0.4, 0.5) is 10.8 Å². The Kier molecular flexibility index (Phi) is 5.18. The smallest absolute Gasteiger partial charge is 0.148 e. The van der Waals surface area contributed by atoms with Crippen LogP contribution in [-0.2, 0) is 4.74 Å². The average molecular weight is 326 g/mol. The number of anilines is 2. The van der Waals surface area contributed by atoms with Gasteiger partial charge < -0.3 is 15.8 Å². The van der Waals surface area contributed by atoms with Crippen LogP contribution in [0.5, 0.6) is 0 Å². The molecule has 0 amide bonds. The van der Waals surface area contributed by atoms with E-state index in [0.29, 0.717) is 5.82 Å². The Hall–Kier alpha value is -1.18. The van der Waals surface area contributed by atoms with Crippen LogP contribution in [0.3, 0.4) is 0 Å². The maximum absolute atomic E-state index is 6.01. The Balaban J connectivity index is 2.11. The number of ether oxygens (including phenoxy) is 1. The lowest BCUT2D eigenvalue weighted by Gasteiger charge is -2.24. The molecule has 0 saturated heterocycles. The quantitative estimate of drug-likeness (QED) is 0.813. The van der Waals surface area contributed by atoms with Gasteiger partial charge >= 0.3 is 0 Å². The number of aromatic nitrogens is 2. The summed E-state index contributed by atoms with van der Waals surface area (Å²) in [4.78, 5) is 4.51. The maximum Gasteiger partial charge on any atom is 0.148 e. The van der Waals surface area contributed by atoms with Gasteiger partial charge in [-0.2, -0.15) is 4.37 Å². The minimum Gasteiger partial charge on any atom is -0.385 e. The van der Waals surface area contributed by atoms with Crippen molar-refractivity contribution in [2.24, 2.45) is 5.41 Å². The summed E-state index contributed by atoms with van der Waals surface area (Å²) in [7, 11) is 1.73. The molecule has 21 heavy (non-hydrogen) atoms. The molecule has 7 heteroatoms. The number of nitrogens with two attached hydrogens (primary N) is 1. The predicted octanol–water partition coefficient (Wildman–Crippen LogP) is 3.63. The van der Waals surface area contributed by atoms with Crippen LogP contribution >= 0.6 is 22.9 Å². The van der Waals surface area contributed by atoms with E-state index >= 15 is 0 Å². The Morgan fingerprint density at radius 1 is 1.43 bits per heavy atom. The van der Waals surface area contributed by atoms with Crippen molar-refractivity contribution >= 4 is 33.7 Å². The fraction of sp³-hybridized carbons (Fsp3) is 0.571. The normalized spacial score (nSPS) is 11.8. The summed E-state index contributed by atoms with van der Waals surface area (Å²) in [6.45, 7) is 8.03. The second-order valence-electron chi connectivity index (χ2n) is 5.78. The van der Waals surface area contributed by atoms with Crippen molar-refractivity contribution < 1.29 is 4.74 Å². The molecule has 0 saturated carbocycles. The molecule has 0 aliphatic heterocycles. The van der Waals surface area contributed by atoms with Crippen LogP contribution in [0.15, 0.2) is 5.38 Å². The Morgan fingerprint density at radius 3 is 2.81 bits per heavy atom. The zero-order valence-corrected chi connectivity index (χ0v) is 14.5. The highest BCUT2D eigenvalue weighted by Gasteiger charge is 2.21. The average Bonchev–Trinajstić information content (AvgIpc) is 3.00. The fourth-order valence-corrected chi connectivity index (χ4v) is 3.26. The standard InChI is InChI=1S/C14H22N4OS2/c1-9-17-10(7-20-9)11-12(15)18-21-13(11)16-8-14(2,3)5-6-19-4/h7,16H,5-6,8H2,1-4H3,(H2,15,18). The lowest BCUT2D eigenvalue weighted by atomic mass is 9.90. The van der Waals surface area contributed by atoms with Crippen LogP contribution in [0.2, 0.25) is 0 Å². The van der Waals surface area contributed by atoms with Crippen molar-refractivity contribution in [3.8, 4) is 11.3 Å². The number of methoxy groups -OCH3 is 1. The first kappa shape index (κ1) is 16.2. The zero-order valence-electron chi connectivity index (χ0n) is 12.9. The van der Waals surface area contributed by atoms with Crippen LogP contribution in [0, 0.1) is 12.3 Å². The van der Waals surface area contributed by atoms with Crippen molar-refractivity contribution in [1.29, 1.82) is 0 Å². The van der Waals surface area contributed by atoms with Crippen LogP contribution < -0.4 is 11.1 Å². The molecular formula is C14H22N4OS2. The first-order valence-corrected chi connectivity index (χ1v) is 8.49. The first-order chi connectivity index (χ1) is 9.93. The van der Waals surface area contributed by atoms with E-state index in [2.05, 4.69) is 28.5 Å². The maximum atomic E-state index is 6.01. The van der Waals surface area contributed by atoms with Gasteiger partial charge in [-0.25, -0.2) is 4.98 Å². The third-order valence-electron chi connectivity index (χ3n) is 3.30. The van der Waals surface area contributed by atoms with Crippen LogP contribution in [-0.4, -0.2) is 29.6 Å². The van der Waals surface area contributed by atoms with Crippen molar-refractivity contribution in [3.05, 3.63) is 10.4 Å². The minimum absolute atomic E-state index is 0.143. The molecule has 0 unspecified atom stereocenters. The number of nitrogens with one attached hydrogen (secondary N) is 1. The zero-order chi connectivity index (χ0) is 15.5. The largest absolute Gasteiger partial charge is 0.385 e. The summed E-state index contributed by atoms with van der Waals surface area (Å²) in [5, 5.41) is 7.52. The van der Waals surface area contributed by atoms with Gasteiger partial charge in [0.1, 0.15) is 10.8 Å². The highest BCUT2D eigenvalue weighted by Crippen LogP contribution is 2.37. The molecule has 0 aromatic carbocycles. The van der Waals surface area contributed by atoms with Crippen molar-refractivity contribution in [2.75, 3.05) is 31.3 Å². The van der Waals surface area contributed by atoms with Gasteiger partial charge in [-0.1, -0.05) is 13.8 Å². The van der Waals surface area contributed by atoms with E-state index in [4.69, 9.17) is 10.5 Å². The van der Waals surface area contributed by atoms with E-state index in [1.807, 2.05) is 12.3 Å². The number of rotatable bonds is 7. The van der Waals surface area contributed by atoms with Gasteiger partial charge in [-0.3, -0.25) is 0 Å². The summed E-state index contributed by atoms with van der Waals surface area (Å²) in [5.74, 6) is 0.544. The van der Waals surface area contributed by atoms with Gasteiger partial charge in [-0.15, -0.1) is 11.3 Å². The third-order valence-corrected chi connectivity index (χ3v) is 4.90. The Labute approximate surface area is 133 Å². The molecule has 116 valence electrons. The van der Waals surface area contributed by atoms with Crippen molar-refractivity contribution in [1.82, 2.24) is 9.36 Å². The topological polar surface area (TPSA) is 73.1 Å². The molecule has 2 aromatic rings. The highest BCUT2D eigenvalue weighted by molar-refractivity contribution is 7.11. The lowest BCUT2D eigenvalue weighted by Crippen LogP contribution is -2.24. The third kappa shape index (κ3) is 4.15. The van der Waals surface area contributed by atoms with Gasteiger partial charge in [0.25, 0.3) is 0 Å². The Bertz CT molecular complexity index is 592. The van der Waals surface area contributed by atoms with Crippen molar-refractivity contribution in [3.63, 3.8) is 0 Å². The number of aryl methyl sites for hydroxylation is 1. The predicted molar refractivity (Wildman–Crippen MR) is 91.1 cm³/mol. The molecule has 0 aliphatic rings. The first-order valence-electron chi connectivity index (χ1n) is 6.83.